The van der Waals surface area contributed by atoms with Crippen LogP contribution in [0.5, 0.6) is 0 Å². The summed E-state index contributed by atoms with van der Waals surface area (Å²) in [6.45, 7) is 3.98. The Morgan fingerprint density at radius 3 is 2.71 bits per heavy atom. The van der Waals surface area contributed by atoms with E-state index in [9.17, 15) is 9.59 Å². The van der Waals surface area contributed by atoms with Crippen LogP contribution < -0.4 is 5.32 Å². The lowest BCUT2D eigenvalue weighted by Crippen LogP contribution is -2.33. The van der Waals surface area contributed by atoms with E-state index in [-0.39, 0.29) is 23.5 Å². The number of nitrogens with one attached hydrogen (secondary N) is 1. The molecule has 0 unspecified atom stereocenters. The molecule has 1 heterocycles. The molecule has 4 nitrogen and oxygen atoms in total. The molecule has 0 spiro atoms. The van der Waals surface area contributed by atoms with E-state index in [2.05, 4.69) is 26.2 Å². The Labute approximate surface area is 153 Å². The van der Waals surface area contributed by atoms with Crippen molar-refractivity contribution in [2.24, 2.45) is 11.8 Å². The summed E-state index contributed by atoms with van der Waals surface area (Å²) in [6, 6.07) is 7.97. The molecule has 1 aromatic heterocycles. The molecular weight excluding hydrogens is 388 g/mol. The number of nitrogens with zero attached hydrogens (tertiary/aromatic N) is 1. The number of anilines is 1. The second-order valence-corrected chi connectivity index (χ2v) is 8.40. The van der Waals surface area contributed by atoms with E-state index < -0.39 is 0 Å². The van der Waals surface area contributed by atoms with Crippen molar-refractivity contribution in [1.82, 2.24) is 4.98 Å². The number of amides is 1. The summed E-state index contributed by atoms with van der Waals surface area (Å²) < 4.78 is 1.02. The maximum Gasteiger partial charge on any atom is 0.229 e. The molecule has 1 aromatic carbocycles. The van der Waals surface area contributed by atoms with E-state index in [0.717, 1.165) is 20.6 Å². The minimum atomic E-state index is -0.108. The lowest BCUT2D eigenvalue weighted by atomic mass is 9.79. The highest BCUT2D eigenvalue weighted by Gasteiger charge is 2.31. The van der Waals surface area contributed by atoms with Crippen molar-refractivity contribution in [3.63, 3.8) is 0 Å². The van der Waals surface area contributed by atoms with Gasteiger partial charge in [-0.25, -0.2) is 4.98 Å². The van der Waals surface area contributed by atoms with Gasteiger partial charge in [0, 0.05) is 33.7 Å². The molecule has 3 rings (SSSR count). The molecule has 1 saturated carbocycles. The first-order chi connectivity index (χ1) is 11.4. The van der Waals surface area contributed by atoms with Crippen LogP contribution in [-0.2, 0) is 9.59 Å². The lowest BCUT2D eigenvalue weighted by molar-refractivity contribution is -0.127. The molecule has 1 N–H and O–H groups in total. The normalized spacial score (nSPS) is 20.9. The number of Topliss-reactive ketones (excluding diaryl/α,β-unsaturated/α-hetero) is 1. The molecule has 24 heavy (non-hydrogen) atoms. The van der Waals surface area contributed by atoms with E-state index in [1.807, 2.05) is 38.1 Å². The van der Waals surface area contributed by atoms with Gasteiger partial charge < -0.3 is 5.32 Å². The lowest BCUT2D eigenvalue weighted by Gasteiger charge is -2.26. The highest BCUT2D eigenvalue weighted by atomic mass is 79.9. The molecule has 2 atom stereocenters. The van der Waals surface area contributed by atoms with Gasteiger partial charge in [-0.2, -0.15) is 0 Å². The molecule has 0 radical (unpaired) electrons. The van der Waals surface area contributed by atoms with Gasteiger partial charge in [-0.05, 0) is 31.4 Å². The molecule has 1 amide bonds. The fourth-order valence-corrected chi connectivity index (χ4v) is 4.22. The molecule has 1 aliphatic carbocycles. The number of rotatable bonds is 3. The molecule has 126 valence electrons. The zero-order valence-electron chi connectivity index (χ0n) is 13.6. The number of benzene rings is 1. The van der Waals surface area contributed by atoms with Gasteiger partial charge in [0.25, 0.3) is 0 Å². The van der Waals surface area contributed by atoms with E-state index in [0.29, 0.717) is 24.4 Å². The summed E-state index contributed by atoms with van der Waals surface area (Å²) in [5.74, 6) is 0.224. The van der Waals surface area contributed by atoms with Crippen LogP contribution in [0.1, 0.15) is 31.1 Å². The number of hydrogen-bond donors (Lipinski definition) is 1. The van der Waals surface area contributed by atoms with Crippen molar-refractivity contribution in [3.05, 3.63) is 33.6 Å². The predicted octanol–water partition coefficient (Wildman–Crippen LogP) is 4.82. The van der Waals surface area contributed by atoms with Crippen molar-refractivity contribution >= 4 is 44.1 Å². The summed E-state index contributed by atoms with van der Waals surface area (Å²) in [4.78, 5) is 29.7. The monoisotopic (exact) mass is 406 g/mol. The zero-order chi connectivity index (χ0) is 17.3. The van der Waals surface area contributed by atoms with Crippen LogP contribution in [0.25, 0.3) is 11.3 Å². The van der Waals surface area contributed by atoms with Crippen LogP contribution >= 0.6 is 27.3 Å². The number of ketones is 1. The zero-order valence-corrected chi connectivity index (χ0v) is 16.0. The van der Waals surface area contributed by atoms with Crippen LogP contribution in [0.15, 0.2) is 28.7 Å². The van der Waals surface area contributed by atoms with Gasteiger partial charge in [0.15, 0.2) is 5.13 Å². The fourth-order valence-electron chi connectivity index (χ4n) is 3.12. The highest BCUT2D eigenvalue weighted by Crippen LogP contribution is 2.33. The predicted molar refractivity (Wildman–Crippen MR) is 100 cm³/mol. The Morgan fingerprint density at radius 1 is 1.33 bits per heavy atom. The largest absolute Gasteiger partial charge is 0.302 e. The van der Waals surface area contributed by atoms with E-state index >= 15 is 0 Å². The summed E-state index contributed by atoms with van der Waals surface area (Å²) >= 11 is 4.92. The van der Waals surface area contributed by atoms with E-state index in [1.54, 1.807) is 0 Å². The quantitative estimate of drug-likeness (QED) is 0.793. The van der Waals surface area contributed by atoms with E-state index in [1.165, 1.54) is 11.3 Å². The number of halogens is 1. The molecular formula is C18H19BrN2O2S. The summed E-state index contributed by atoms with van der Waals surface area (Å²) in [5, 5.41) is 3.57. The Bertz CT molecular complexity index is 770. The summed E-state index contributed by atoms with van der Waals surface area (Å²) in [6.07, 6.45) is 1.64. The second-order valence-electron chi connectivity index (χ2n) is 6.29. The number of aromatic nitrogens is 1. The summed E-state index contributed by atoms with van der Waals surface area (Å²) in [5.41, 5.74) is 1.93. The average molecular weight is 407 g/mol. The minimum absolute atomic E-state index is 0.0221. The van der Waals surface area contributed by atoms with Crippen molar-refractivity contribution in [3.8, 4) is 11.3 Å². The highest BCUT2D eigenvalue weighted by molar-refractivity contribution is 9.10. The maximum atomic E-state index is 12.5. The van der Waals surface area contributed by atoms with Gasteiger partial charge in [0.1, 0.15) is 5.78 Å². The smallest absolute Gasteiger partial charge is 0.229 e. The Hall–Kier alpha value is -1.53. The van der Waals surface area contributed by atoms with Crippen molar-refractivity contribution in [2.75, 3.05) is 5.32 Å². The average Bonchev–Trinajstić information content (AvgIpc) is 2.88. The van der Waals surface area contributed by atoms with Crippen molar-refractivity contribution in [1.29, 1.82) is 0 Å². The first kappa shape index (κ1) is 17.3. The van der Waals surface area contributed by atoms with Gasteiger partial charge in [-0.15, -0.1) is 11.3 Å². The SMILES string of the molecule is Cc1sc(NC(=O)[C@@H]2CCC(=O)C[C@@H]2C)nc1-c1ccc(Br)cc1. The Balaban J connectivity index is 1.74. The number of aryl methyl sites for hydroxylation is 1. The Kier molecular flexibility index (Phi) is 5.15. The fraction of sp³-hybridized carbons (Fsp3) is 0.389. The third kappa shape index (κ3) is 3.75. The van der Waals surface area contributed by atoms with Gasteiger partial charge in [0.05, 0.1) is 5.69 Å². The van der Waals surface area contributed by atoms with Crippen LogP contribution in [0.4, 0.5) is 5.13 Å². The van der Waals surface area contributed by atoms with Gasteiger partial charge in [-0.3, -0.25) is 9.59 Å². The number of carbonyl (C=O) groups excluding carboxylic acids is 2. The molecule has 0 bridgehead atoms. The number of hydrogen-bond acceptors (Lipinski definition) is 4. The standard InChI is InChI=1S/C18H19BrN2O2S/c1-10-9-14(22)7-8-15(10)17(23)21-18-20-16(11(2)24-18)12-3-5-13(19)6-4-12/h3-6,10,15H,7-9H2,1-2H3,(H,20,21,23)/t10-,15+/m0/s1. The molecule has 1 aliphatic rings. The van der Waals surface area contributed by atoms with Gasteiger partial charge in [-0.1, -0.05) is 35.0 Å². The first-order valence-electron chi connectivity index (χ1n) is 8.00. The minimum Gasteiger partial charge on any atom is -0.302 e. The maximum absolute atomic E-state index is 12.5. The van der Waals surface area contributed by atoms with E-state index in [4.69, 9.17) is 0 Å². The van der Waals surface area contributed by atoms with Crippen LogP contribution in [0, 0.1) is 18.8 Å². The molecule has 0 saturated heterocycles. The molecule has 0 aliphatic heterocycles. The first-order valence-corrected chi connectivity index (χ1v) is 9.61. The van der Waals surface area contributed by atoms with Crippen LogP contribution in [0.2, 0.25) is 0 Å². The molecule has 2 aromatic rings. The molecule has 6 heteroatoms. The number of carbonyl (C=O) groups is 2. The molecule has 1 fully saturated rings. The van der Waals surface area contributed by atoms with Crippen molar-refractivity contribution < 1.29 is 9.59 Å². The topological polar surface area (TPSA) is 59.1 Å². The van der Waals surface area contributed by atoms with Crippen LogP contribution in [0.3, 0.4) is 0 Å². The van der Waals surface area contributed by atoms with Gasteiger partial charge >= 0.3 is 0 Å². The second kappa shape index (κ2) is 7.15. The summed E-state index contributed by atoms with van der Waals surface area (Å²) in [7, 11) is 0. The van der Waals surface area contributed by atoms with Crippen molar-refractivity contribution in [2.45, 2.75) is 33.1 Å². The number of thiazole rings is 1. The third-order valence-corrected chi connectivity index (χ3v) is 5.87. The third-order valence-electron chi connectivity index (χ3n) is 4.45. The Morgan fingerprint density at radius 2 is 2.04 bits per heavy atom. The van der Waals surface area contributed by atoms with Crippen LogP contribution in [-0.4, -0.2) is 16.7 Å². The van der Waals surface area contributed by atoms with Gasteiger partial charge in [0.2, 0.25) is 5.91 Å².